The molecule has 0 unspecified atom stereocenters. The van der Waals surface area contributed by atoms with Crippen LogP contribution >= 0.6 is 0 Å². The van der Waals surface area contributed by atoms with Crippen molar-refractivity contribution in [1.82, 2.24) is 10.2 Å². The van der Waals surface area contributed by atoms with Crippen LogP contribution in [0.4, 0.5) is 0 Å². The van der Waals surface area contributed by atoms with Gasteiger partial charge in [-0.3, -0.25) is 4.99 Å². The van der Waals surface area contributed by atoms with Crippen molar-refractivity contribution in [3.05, 3.63) is 30.3 Å². The van der Waals surface area contributed by atoms with Gasteiger partial charge in [0.2, 0.25) is 0 Å². The van der Waals surface area contributed by atoms with Crippen LogP contribution in [0.3, 0.4) is 0 Å². The third-order valence-electron chi connectivity index (χ3n) is 4.56. The van der Waals surface area contributed by atoms with Crippen molar-refractivity contribution in [2.24, 2.45) is 10.4 Å². The molecular weight excluding hydrogens is 250 g/mol. The molecule has 1 aromatic rings. The molecule has 1 aliphatic carbocycles. The number of ether oxygens (including phenoxy) is 1. The zero-order chi connectivity index (χ0) is 14.2. The summed E-state index contributed by atoms with van der Waals surface area (Å²) in [7, 11) is 2.09. The summed E-state index contributed by atoms with van der Waals surface area (Å²) < 4.78 is 6.09. The van der Waals surface area contributed by atoms with Crippen LogP contribution in [0.1, 0.15) is 20.3 Å². The number of hydrogen-bond acceptors (Lipinski definition) is 4. The summed E-state index contributed by atoms with van der Waals surface area (Å²) in [5.74, 6) is 1.99. The van der Waals surface area contributed by atoms with E-state index in [9.17, 15) is 0 Å². The number of para-hydroxylation sites is 1. The highest BCUT2D eigenvalue weighted by Gasteiger charge is 2.50. The first-order valence-electron chi connectivity index (χ1n) is 7.31. The van der Waals surface area contributed by atoms with Crippen molar-refractivity contribution in [1.29, 1.82) is 0 Å². The molecule has 0 amide bonds. The van der Waals surface area contributed by atoms with Gasteiger partial charge in [0.15, 0.2) is 5.96 Å². The lowest BCUT2D eigenvalue weighted by Gasteiger charge is -2.52. The highest BCUT2D eigenvalue weighted by Crippen LogP contribution is 2.43. The van der Waals surface area contributed by atoms with Crippen molar-refractivity contribution in [2.45, 2.75) is 32.4 Å². The van der Waals surface area contributed by atoms with Crippen LogP contribution in [0.5, 0.6) is 5.75 Å². The molecule has 3 rings (SSSR count). The van der Waals surface area contributed by atoms with Crippen molar-refractivity contribution in [3.8, 4) is 5.75 Å². The molecule has 1 heterocycles. The largest absolute Gasteiger partial charge is 0.490 e. The summed E-state index contributed by atoms with van der Waals surface area (Å²) in [6.45, 7) is 6.43. The van der Waals surface area contributed by atoms with E-state index < -0.39 is 0 Å². The molecule has 1 N–H and O–H groups in total. The fourth-order valence-corrected chi connectivity index (χ4v) is 2.84. The Morgan fingerprint density at radius 3 is 2.65 bits per heavy atom. The summed E-state index contributed by atoms with van der Waals surface area (Å²) in [5, 5.41) is 3.57. The minimum atomic E-state index is 0.113. The number of benzene rings is 1. The van der Waals surface area contributed by atoms with Crippen LogP contribution in [0.2, 0.25) is 0 Å². The Balaban J connectivity index is 1.59. The molecule has 1 aliphatic heterocycles. The predicted octanol–water partition coefficient (Wildman–Crippen LogP) is 2.12. The normalized spacial score (nSPS) is 27.8. The van der Waals surface area contributed by atoms with Gasteiger partial charge in [-0.15, -0.1) is 0 Å². The van der Waals surface area contributed by atoms with Crippen LogP contribution < -0.4 is 10.1 Å². The lowest BCUT2D eigenvalue weighted by atomic mass is 9.64. The van der Waals surface area contributed by atoms with Gasteiger partial charge in [0.1, 0.15) is 11.9 Å². The second-order valence-electron chi connectivity index (χ2n) is 6.30. The smallest absolute Gasteiger partial charge is 0.194 e. The van der Waals surface area contributed by atoms with Crippen LogP contribution in [-0.4, -0.2) is 43.1 Å². The second-order valence-corrected chi connectivity index (χ2v) is 6.30. The molecule has 0 saturated heterocycles. The molecule has 1 saturated carbocycles. The second kappa shape index (κ2) is 5.00. The zero-order valence-electron chi connectivity index (χ0n) is 12.5. The van der Waals surface area contributed by atoms with E-state index in [1.54, 1.807) is 0 Å². The monoisotopic (exact) mass is 273 g/mol. The van der Waals surface area contributed by atoms with E-state index in [-0.39, 0.29) is 11.5 Å². The van der Waals surface area contributed by atoms with Crippen LogP contribution in [0.15, 0.2) is 35.3 Å². The fraction of sp³-hybridized carbons (Fsp3) is 0.562. The highest BCUT2D eigenvalue weighted by molar-refractivity contribution is 5.81. The first-order chi connectivity index (χ1) is 9.57. The van der Waals surface area contributed by atoms with E-state index in [0.717, 1.165) is 31.2 Å². The molecule has 0 spiro atoms. The maximum atomic E-state index is 6.09. The van der Waals surface area contributed by atoms with Gasteiger partial charge in [0.25, 0.3) is 0 Å². The van der Waals surface area contributed by atoms with Gasteiger partial charge in [0.05, 0.1) is 6.54 Å². The Morgan fingerprint density at radius 2 is 2.05 bits per heavy atom. The Morgan fingerprint density at radius 1 is 1.30 bits per heavy atom. The number of nitrogens with one attached hydrogen (secondary N) is 1. The van der Waals surface area contributed by atoms with Crippen LogP contribution in [0, 0.1) is 5.41 Å². The average molecular weight is 273 g/mol. The summed E-state index contributed by atoms with van der Waals surface area (Å²) in [6, 6.07) is 10.5. The van der Waals surface area contributed by atoms with Crippen LogP contribution in [0.25, 0.3) is 0 Å². The molecular formula is C16H23N3O. The number of aliphatic imine (C=N–C) groups is 1. The minimum absolute atomic E-state index is 0.113. The molecule has 2 aliphatic rings. The fourth-order valence-electron chi connectivity index (χ4n) is 2.84. The van der Waals surface area contributed by atoms with Gasteiger partial charge < -0.3 is 15.0 Å². The van der Waals surface area contributed by atoms with E-state index in [1.807, 2.05) is 30.3 Å². The minimum Gasteiger partial charge on any atom is -0.490 e. The van der Waals surface area contributed by atoms with Crippen molar-refractivity contribution >= 4 is 5.96 Å². The molecule has 4 heteroatoms. The van der Waals surface area contributed by atoms with Gasteiger partial charge >= 0.3 is 0 Å². The summed E-state index contributed by atoms with van der Waals surface area (Å²) in [5.41, 5.74) is 0.113. The van der Waals surface area contributed by atoms with Crippen molar-refractivity contribution < 1.29 is 4.74 Å². The lowest BCUT2D eigenvalue weighted by Crippen LogP contribution is -2.64. The SMILES string of the molecule is CN1CCN=C1N[C@H]1C[C@@H](Oc2ccccc2)C1(C)C. The average Bonchev–Trinajstić information content (AvgIpc) is 2.84. The zero-order valence-corrected chi connectivity index (χ0v) is 12.5. The summed E-state index contributed by atoms with van der Waals surface area (Å²) >= 11 is 0. The molecule has 20 heavy (non-hydrogen) atoms. The van der Waals surface area contributed by atoms with Gasteiger partial charge in [-0.25, -0.2) is 0 Å². The highest BCUT2D eigenvalue weighted by atomic mass is 16.5. The molecule has 0 radical (unpaired) electrons. The first-order valence-corrected chi connectivity index (χ1v) is 7.31. The van der Waals surface area contributed by atoms with Gasteiger partial charge in [-0.05, 0) is 12.1 Å². The van der Waals surface area contributed by atoms with Gasteiger partial charge in [0, 0.05) is 31.5 Å². The quantitative estimate of drug-likeness (QED) is 0.916. The van der Waals surface area contributed by atoms with Gasteiger partial charge in [-0.1, -0.05) is 32.0 Å². The number of guanidine groups is 1. The Hall–Kier alpha value is -1.71. The van der Waals surface area contributed by atoms with Crippen molar-refractivity contribution in [2.75, 3.05) is 20.1 Å². The standard InChI is InChI=1S/C16H23N3O/c1-16(2)13(18-15-17-9-10-19(15)3)11-14(16)20-12-7-5-4-6-8-12/h4-8,13-14H,9-11H2,1-3H3,(H,17,18)/t13-,14+/m0/s1. The van der Waals surface area contributed by atoms with Gasteiger partial charge in [-0.2, -0.15) is 0 Å². The maximum Gasteiger partial charge on any atom is 0.194 e. The molecule has 2 atom stereocenters. The topological polar surface area (TPSA) is 36.9 Å². The predicted molar refractivity (Wildman–Crippen MR) is 81.1 cm³/mol. The number of nitrogens with zero attached hydrogens (tertiary/aromatic N) is 2. The third kappa shape index (κ3) is 2.35. The lowest BCUT2D eigenvalue weighted by molar-refractivity contribution is -0.0485. The Kier molecular flexibility index (Phi) is 3.32. The van der Waals surface area contributed by atoms with E-state index in [4.69, 9.17) is 4.74 Å². The molecule has 4 nitrogen and oxygen atoms in total. The number of rotatable bonds is 3. The summed E-state index contributed by atoms with van der Waals surface area (Å²) in [4.78, 5) is 6.69. The Labute approximate surface area is 120 Å². The van der Waals surface area contributed by atoms with E-state index in [2.05, 4.69) is 36.1 Å². The molecule has 1 aromatic carbocycles. The molecule has 108 valence electrons. The van der Waals surface area contributed by atoms with Crippen LogP contribution in [-0.2, 0) is 0 Å². The molecule has 1 fully saturated rings. The summed E-state index contributed by atoms with van der Waals surface area (Å²) in [6.07, 6.45) is 1.28. The number of likely N-dealkylation sites (N-methyl/N-ethyl adjacent to an activating group) is 1. The molecule has 0 bridgehead atoms. The third-order valence-corrected chi connectivity index (χ3v) is 4.56. The molecule has 0 aromatic heterocycles. The van der Waals surface area contributed by atoms with E-state index in [1.165, 1.54) is 0 Å². The van der Waals surface area contributed by atoms with Crippen molar-refractivity contribution in [3.63, 3.8) is 0 Å². The first kappa shape index (κ1) is 13.3. The number of hydrogen-bond donors (Lipinski definition) is 1. The maximum absolute atomic E-state index is 6.09. The van der Waals surface area contributed by atoms with E-state index >= 15 is 0 Å². The van der Waals surface area contributed by atoms with E-state index in [0.29, 0.717) is 6.04 Å². The Bertz CT molecular complexity index is 498.